The van der Waals surface area contributed by atoms with Crippen molar-refractivity contribution >= 4 is 23.5 Å². The number of esters is 1. The molecule has 6 nitrogen and oxygen atoms in total. The second-order valence-corrected chi connectivity index (χ2v) is 7.47. The van der Waals surface area contributed by atoms with Crippen LogP contribution in [0.3, 0.4) is 0 Å². The highest BCUT2D eigenvalue weighted by atomic mass is 16.5. The third-order valence-corrected chi connectivity index (χ3v) is 4.25. The van der Waals surface area contributed by atoms with Crippen molar-refractivity contribution in [2.75, 3.05) is 11.9 Å². The first-order valence-corrected chi connectivity index (χ1v) is 9.67. The number of amides is 2. The average Bonchev–Trinajstić information content (AvgIpc) is 2.66. The Hall–Kier alpha value is -3.15. The van der Waals surface area contributed by atoms with E-state index in [4.69, 9.17) is 4.74 Å². The van der Waals surface area contributed by atoms with Gasteiger partial charge in [0.2, 0.25) is 5.91 Å². The molecule has 2 aromatic carbocycles. The Bertz CT molecular complexity index is 859. The lowest BCUT2D eigenvalue weighted by Crippen LogP contribution is -2.31. The Balaban J connectivity index is 1.85. The van der Waals surface area contributed by atoms with Gasteiger partial charge in [-0.2, -0.15) is 0 Å². The van der Waals surface area contributed by atoms with Gasteiger partial charge in [-0.1, -0.05) is 44.2 Å². The van der Waals surface area contributed by atoms with Crippen molar-refractivity contribution in [3.05, 3.63) is 65.2 Å². The van der Waals surface area contributed by atoms with Crippen LogP contribution in [-0.2, 0) is 20.7 Å². The van der Waals surface area contributed by atoms with E-state index in [1.54, 1.807) is 18.2 Å². The number of hydrogen-bond donors (Lipinski definition) is 2. The number of carbonyl (C=O) groups excluding carboxylic acids is 3. The summed E-state index contributed by atoms with van der Waals surface area (Å²) in [5, 5.41) is 5.42. The van der Waals surface area contributed by atoms with Crippen LogP contribution in [0.1, 0.15) is 55.2 Å². The van der Waals surface area contributed by atoms with Crippen molar-refractivity contribution in [3.8, 4) is 0 Å². The lowest BCUT2D eigenvalue weighted by atomic mass is 10.00. The van der Waals surface area contributed by atoms with Gasteiger partial charge in [0.15, 0.2) is 6.61 Å². The Morgan fingerprint density at radius 3 is 2.31 bits per heavy atom. The Morgan fingerprint density at radius 1 is 1.00 bits per heavy atom. The molecular weight excluding hydrogens is 368 g/mol. The molecule has 0 fully saturated rings. The van der Waals surface area contributed by atoms with Crippen LogP contribution in [0.5, 0.6) is 0 Å². The molecule has 0 aliphatic carbocycles. The number of ether oxygens (including phenoxy) is 1. The molecule has 2 aromatic rings. The van der Waals surface area contributed by atoms with Crippen LogP contribution in [0.15, 0.2) is 48.5 Å². The standard InChI is InChI=1S/C23H28N2O4/c1-15(2)12-18-8-10-19(11-9-18)16(3)24-22(27)14-29-23(28)20-6-5-7-21(13-20)25-17(4)26/h5-11,13,15-16H,12,14H2,1-4H3,(H,24,27)(H,25,26)/t16-/m1/s1. The number of carbonyl (C=O) groups is 3. The van der Waals surface area contributed by atoms with Crippen LogP contribution >= 0.6 is 0 Å². The van der Waals surface area contributed by atoms with Gasteiger partial charge in [-0.15, -0.1) is 0 Å². The highest BCUT2D eigenvalue weighted by Crippen LogP contribution is 2.16. The number of anilines is 1. The fourth-order valence-corrected chi connectivity index (χ4v) is 2.92. The SMILES string of the molecule is CC(=O)Nc1cccc(C(=O)OCC(=O)N[C@H](C)c2ccc(CC(C)C)cc2)c1. The minimum atomic E-state index is -0.627. The molecule has 0 aliphatic heterocycles. The predicted molar refractivity (Wildman–Crippen MR) is 113 cm³/mol. The van der Waals surface area contributed by atoms with Gasteiger partial charge in [0.25, 0.3) is 5.91 Å². The van der Waals surface area contributed by atoms with Crippen molar-refractivity contribution in [2.24, 2.45) is 5.92 Å². The van der Waals surface area contributed by atoms with Gasteiger partial charge in [-0.3, -0.25) is 9.59 Å². The summed E-state index contributed by atoms with van der Waals surface area (Å²) in [5.74, 6) is -0.652. The lowest BCUT2D eigenvalue weighted by molar-refractivity contribution is -0.124. The van der Waals surface area contributed by atoms with Crippen molar-refractivity contribution in [2.45, 2.75) is 40.2 Å². The summed E-state index contributed by atoms with van der Waals surface area (Å²) < 4.78 is 5.09. The summed E-state index contributed by atoms with van der Waals surface area (Å²) >= 11 is 0. The summed E-state index contributed by atoms with van der Waals surface area (Å²) in [4.78, 5) is 35.4. The fraction of sp³-hybridized carbons (Fsp3) is 0.348. The molecule has 0 unspecified atom stereocenters. The first kappa shape index (κ1) is 22.1. The van der Waals surface area contributed by atoms with Crippen molar-refractivity contribution < 1.29 is 19.1 Å². The maximum absolute atomic E-state index is 12.2. The van der Waals surface area contributed by atoms with E-state index < -0.39 is 5.97 Å². The largest absolute Gasteiger partial charge is 0.452 e. The van der Waals surface area contributed by atoms with Gasteiger partial charge in [-0.05, 0) is 48.6 Å². The molecule has 0 aliphatic rings. The molecule has 2 N–H and O–H groups in total. The fourth-order valence-electron chi connectivity index (χ4n) is 2.92. The maximum atomic E-state index is 12.2. The minimum absolute atomic E-state index is 0.197. The molecule has 0 aromatic heterocycles. The minimum Gasteiger partial charge on any atom is -0.452 e. The smallest absolute Gasteiger partial charge is 0.338 e. The normalized spacial score (nSPS) is 11.6. The Morgan fingerprint density at radius 2 is 1.69 bits per heavy atom. The molecule has 0 heterocycles. The molecule has 6 heteroatoms. The quantitative estimate of drug-likeness (QED) is 0.663. The van der Waals surface area contributed by atoms with E-state index in [2.05, 4.69) is 36.6 Å². The Kier molecular flexibility index (Phi) is 7.95. The van der Waals surface area contributed by atoms with Crippen molar-refractivity contribution in [1.29, 1.82) is 0 Å². The molecular formula is C23H28N2O4. The first-order valence-electron chi connectivity index (χ1n) is 9.67. The summed E-state index contributed by atoms with van der Waals surface area (Å²) in [6, 6.07) is 14.3. The molecule has 154 valence electrons. The van der Waals surface area contributed by atoms with Gasteiger partial charge in [0.1, 0.15) is 0 Å². The van der Waals surface area contributed by atoms with E-state index in [1.165, 1.54) is 18.6 Å². The monoisotopic (exact) mass is 396 g/mol. The van der Waals surface area contributed by atoms with E-state index in [1.807, 2.05) is 19.1 Å². The van der Waals surface area contributed by atoms with Crippen LogP contribution in [0.4, 0.5) is 5.69 Å². The first-order chi connectivity index (χ1) is 13.7. The van der Waals surface area contributed by atoms with Gasteiger partial charge in [0, 0.05) is 12.6 Å². The van der Waals surface area contributed by atoms with E-state index in [9.17, 15) is 14.4 Å². The van der Waals surface area contributed by atoms with Crippen LogP contribution < -0.4 is 10.6 Å². The van der Waals surface area contributed by atoms with Gasteiger partial charge in [0.05, 0.1) is 11.6 Å². The molecule has 1 atom stereocenters. The molecule has 29 heavy (non-hydrogen) atoms. The zero-order valence-corrected chi connectivity index (χ0v) is 17.3. The van der Waals surface area contributed by atoms with Crippen LogP contribution in [-0.4, -0.2) is 24.4 Å². The van der Waals surface area contributed by atoms with E-state index in [0.29, 0.717) is 11.6 Å². The number of hydrogen-bond acceptors (Lipinski definition) is 4. The van der Waals surface area contributed by atoms with Crippen LogP contribution in [0.25, 0.3) is 0 Å². The van der Waals surface area contributed by atoms with Gasteiger partial charge in [-0.25, -0.2) is 4.79 Å². The predicted octanol–water partition coefficient (Wildman–Crippen LogP) is 3.88. The molecule has 2 rings (SSSR count). The van der Waals surface area contributed by atoms with E-state index in [0.717, 1.165) is 12.0 Å². The highest BCUT2D eigenvalue weighted by Gasteiger charge is 2.14. The molecule has 0 spiro atoms. The number of nitrogens with one attached hydrogen (secondary N) is 2. The summed E-state index contributed by atoms with van der Waals surface area (Å²) in [6.07, 6.45) is 1.01. The second-order valence-electron chi connectivity index (χ2n) is 7.47. The average molecular weight is 396 g/mol. The zero-order chi connectivity index (χ0) is 21.4. The molecule has 0 radical (unpaired) electrons. The third-order valence-electron chi connectivity index (χ3n) is 4.25. The van der Waals surface area contributed by atoms with Gasteiger partial charge >= 0.3 is 5.97 Å². The third kappa shape index (κ3) is 7.41. The Labute approximate surface area is 171 Å². The van der Waals surface area contributed by atoms with E-state index >= 15 is 0 Å². The van der Waals surface area contributed by atoms with E-state index in [-0.39, 0.29) is 30.0 Å². The summed E-state index contributed by atoms with van der Waals surface area (Å²) in [7, 11) is 0. The maximum Gasteiger partial charge on any atom is 0.338 e. The van der Waals surface area contributed by atoms with Crippen LogP contribution in [0.2, 0.25) is 0 Å². The van der Waals surface area contributed by atoms with Crippen LogP contribution in [0, 0.1) is 5.92 Å². The molecule has 0 saturated carbocycles. The van der Waals surface area contributed by atoms with Crippen molar-refractivity contribution in [1.82, 2.24) is 5.32 Å². The highest BCUT2D eigenvalue weighted by molar-refractivity contribution is 5.94. The summed E-state index contributed by atoms with van der Waals surface area (Å²) in [5.41, 5.74) is 3.00. The summed E-state index contributed by atoms with van der Waals surface area (Å²) in [6.45, 7) is 7.24. The zero-order valence-electron chi connectivity index (χ0n) is 17.3. The second kappa shape index (κ2) is 10.4. The number of benzene rings is 2. The van der Waals surface area contributed by atoms with Crippen molar-refractivity contribution in [3.63, 3.8) is 0 Å². The van der Waals surface area contributed by atoms with Gasteiger partial charge < -0.3 is 15.4 Å². The topological polar surface area (TPSA) is 84.5 Å². The lowest BCUT2D eigenvalue weighted by Gasteiger charge is -2.15. The molecule has 0 saturated heterocycles. The molecule has 2 amide bonds. The number of rotatable bonds is 8. The molecule has 0 bridgehead atoms.